The van der Waals surface area contributed by atoms with Gasteiger partial charge < -0.3 is 11.1 Å². The standard InChI is InChI=1S/C14H22F2N4O.ClH/c1-13(2,3)20-11(9-4-5-9)6-10(19-20)12(21)18-8-14(15,16)7-17;/h6,9H,4-5,7-8,17H2,1-3H3,(H,18,21);1H. The van der Waals surface area contributed by atoms with Gasteiger partial charge >= 0.3 is 0 Å². The van der Waals surface area contributed by atoms with Crippen LogP contribution >= 0.6 is 12.4 Å². The highest BCUT2D eigenvalue weighted by Gasteiger charge is 2.33. The minimum atomic E-state index is -3.10. The highest BCUT2D eigenvalue weighted by atomic mass is 35.5. The summed E-state index contributed by atoms with van der Waals surface area (Å²) in [6.07, 6.45) is 2.15. The third-order valence-electron chi connectivity index (χ3n) is 3.41. The number of halogens is 3. The van der Waals surface area contributed by atoms with Crippen LogP contribution in [0.1, 0.15) is 55.7 Å². The number of carbonyl (C=O) groups is 1. The SMILES string of the molecule is CC(C)(C)n1nc(C(=O)NCC(F)(F)CN)cc1C1CC1.Cl. The molecule has 1 fully saturated rings. The summed E-state index contributed by atoms with van der Waals surface area (Å²) >= 11 is 0. The highest BCUT2D eigenvalue weighted by molar-refractivity contribution is 5.92. The third kappa shape index (κ3) is 4.39. The molecule has 1 heterocycles. The second-order valence-electron chi connectivity index (χ2n) is 6.55. The zero-order valence-corrected chi connectivity index (χ0v) is 13.8. The van der Waals surface area contributed by atoms with E-state index in [-0.39, 0.29) is 23.6 Å². The van der Waals surface area contributed by atoms with Crippen molar-refractivity contribution in [2.75, 3.05) is 13.1 Å². The number of rotatable bonds is 5. The Balaban J connectivity index is 0.00000242. The van der Waals surface area contributed by atoms with Crippen molar-refractivity contribution in [1.82, 2.24) is 15.1 Å². The van der Waals surface area contributed by atoms with Gasteiger partial charge in [-0.15, -0.1) is 12.4 Å². The fourth-order valence-corrected chi connectivity index (χ4v) is 2.09. The summed E-state index contributed by atoms with van der Waals surface area (Å²) in [5, 5.41) is 6.49. The van der Waals surface area contributed by atoms with Gasteiger partial charge in [-0.3, -0.25) is 9.48 Å². The molecule has 22 heavy (non-hydrogen) atoms. The lowest BCUT2D eigenvalue weighted by atomic mass is 10.1. The van der Waals surface area contributed by atoms with Crippen molar-refractivity contribution >= 4 is 18.3 Å². The average Bonchev–Trinajstić information content (AvgIpc) is 3.13. The second-order valence-corrected chi connectivity index (χ2v) is 6.55. The average molecular weight is 337 g/mol. The number of hydrogen-bond acceptors (Lipinski definition) is 3. The molecule has 1 aromatic rings. The van der Waals surface area contributed by atoms with Gasteiger partial charge in [0.15, 0.2) is 0 Å². The Kier molecular flexibility index (Phi) is 5.56. The number of nitrogens with one attached hydrogen (secondary N) is 1. The molecule has 1 aliphatic rings. The molecule has 1 saturated carbocycles. The van der Waals surface area contributed by atoms with E-state index >= 15 is 0 Å². The van der Waals surface area contributed by atoms with Crippen molar-refractivity contribution in [3.05, 3.63) is 17.5 Å². The van der Waals surface area contributed by atoms with Crippen LogP contribution in [0.2, 0.25) is 0 Å². The molecule has 2 rings (SSSR count). The monoisotopic (exact) mass is 336 g/mol. The number of hydrogen-bond donors (Lipinski definition) is 2. The Morgan fingerprint density at radius 1 is 1.45 bits per heavy atom. The van der Waals surface area contributed by atoms with E-state index in [4.69, 9.17) is 5.73 Å². The van der Waals surface area contributed by atoms with Gasteiger partial charge in [-0.25, -0.2) is 8.78 Å². The second kappa shape index (κ2) is 6.50. The van der Waals surface area contributed by atoms with Gasteiger partial charge in [-0.2, -0.15) is 5.10 Å². The molecule has 0 aliphatic heterocycles. The van der Waals surface area contributed by atoms with Crippen molar-refractivity contribution in [2.45, 2.75) is 51.0 Å². The number of nitrogens with two attached hydrogens (primary N) is 1. The highest BCUT2D eigenvalue weighted by Crippen LogP contribution is 2.41. The van der Waals surface area contributed by atoms with E-state index in [0.29, 0.717) is 5.92 Å². The van der Waals surface area contributed by atoms with Crippen LogP contribution in [0.5, 0.6) is 0 Å². The molecule has 0 spiro atoms. The molecule has 0 atom stereocenters. The van der Waals surface area contributed by atoms with Crippen LogP contribution < -0.4 is 11.1 Å². The van der Waals surface area contributed by atoms with Gasteiger partial charge in [-0.05, 0) is 39.7 Å². The van der Waals surface area contributed by atoms with Gasteiger partial charge in [0.05, 0.1) is 18.6 Å². The number of alkyl halides is 2. The van der Waals surface area contributed by atoms with Crippen LogP contribution in [-0.2, 0) is 5.54 Å². The number of carbonyl (C=O) groups excluding carboxylic acids is 1. The lowest BCUT2D eigenvalue weighted by Crippen LogP contribution is -2.41. The zero-order valence-electron chi connectivity index (χ0n) is 13.0. The molecule has 5 nitrogen and oxygen atoms in total. The number of aromatic nitrogens is 2. The summed E-state index contributed by atoms with van der Waals surface area (Å²) in [5.41, 5.74) is 5.87. The van der Waals surface area contributed by atoms with E-state index in [1.165, 1.54) is 0 Å². The van der Waals surface area contributed by atoms with Gasteiger partial charge in [0.1, 0.15) is 5.69 Å². The largest absolute Gasteiger partial charge is 0.345 e. The van der Waals surface area contributed by atoms with E-state index in [1.54, 1.807) is 6.07 Å². The summed E-state index contributed by atoms with van der Waals surface area (Å²) in [6, 6.07) is 1.71. The molecule has 1 amide bonds. The first kappa shape index (κ1) is 18.8. The minimum Gasteiger partial charge on any atom is -0.345 e. The third-order valence-corrected chi connectivity index (χ3v) is 3.41. The molecular formula is C14H23ClF2N4O. The Morgan fingerprint density at radius 2 is 2.05 bits per heavy atom. The quantitative estimate of drug-likeness (QED) is 0.866. The molecule has 0 aromatic carbocycles. The molecule has 0 bridgehead atoms. The normalized spacial score (nSPS) is 15.4. The van der Waals surface area contributed by atoms with E-state index in [2.05, 4.69) is 10.4 Å². The molecule has 0 radical (unpaired) electrons. The lowest BCUT2D eigenvalue weighted by molar-refractivity contribution is 0.0118. The molecule has 8 heteroatoms. The fourth-order valence-electron chi connectivity index (χ4n) is 2.09. The van der Waals surface area contributed by atoms with Crippen molar-refractivity contribution in [3.8, 4) is 0 Å². The van der Waals surface area contributed by atoms with Crippen molar-refractivity contribution < 1.29 is 13.6 Å². The number of amides is 1. The lowest BCUT2D eigenvalue weighted by Gasteiger charge is -2.22. The maximum absolute atomic E-state index is 13.1. The van der Waals surface area contributed by atoms with Crippen LogP contribution in [0.4, 0.5) is 8.78 Å². The minimum absolute atomic E-state index is 0. The van der Waals surface area contributed by atoms with Crippen molar-refractivity contribution in [3.63, 3.8) is 0 Å². The predicted octanol–water partition coefficient (Wildman–Crippen LogP) is 2.26. The molecule has 0 saturated heterocycles. The smallest absolute Gasteiger partial charge is 0.277 e. The summed E-state index contributed by atoms with van der Waals surface area (Å²) < 4.78 is 28.0. The Morgan fingerprint density at radius 3 is 2.50 bits per heavy atom. The fraction of sp³-hybridized carbons (Fsp3) is 0.714. The van der Waals surface area contributed by atoms with Crippen LogP contribution in [0, 0.1) is 0 Å². The van der Waals surface area contributed by atoms with Crippen LogP contribution in [0.15, 0.2) is 6.07 Å². The molecule has 0 unspecified atom stereocenters. The zero-order chi connectivity index (χ0) is 15.8. The maximum atomic E-state index is 13.1. The van der Waals surface area contributed by atoms with E-state index in [1.807, 2.05) is 25.5 Å². The molecule has 126 valence electrons. The van der Waals surface area contributed by atoms with Crippen molar-refractivity contribution in [1.29, 1.82) is 0 Å². The first-order valence-corrected chi connectivity index (χ1v) is 7.10. The summed E-state index contributed by atoms with van der Waals surface area (Å²) in [6.45, 7) is 4.42. The first-order chi connectivity index (χ1) is 9.64. The summed E-state index contributed by atoms with van der Waals surface area (Å²) in [5.74, 6) is -3.27. The predicted molar refractivity (Wildman–Crippen MR) is 82.8 cm³/mol. The van der Waals surface area contributed by atoms with E-state index in [0.717, 1.165) is 18.5 Å². The topological polar surface area (TPSA) is 72.9 Å². The Bertz CT molecular complexity index is 535. The van der Waals surface area contributed by atoms with E-state index in [9.17, 15) is 13.6 Å². The van der Waals surface area contributed by atoms with Gasteiger partial charge in [0, 0.05) is 11.6 Å². The first-order valence-electron chi connectivity index (χ1n) is 7.10. The molecular weight excluding hydrogens is 314 g/mol. The van der Waals surface area contributed by atoms with Crippen LogP contribution in [0.3, 0.4) is 0 Å². The van der Waals surface area contributed by atoms with Crippen LogP contribution in [-0.4, -0.2) is 34.7 Å². The summed E-state index contributed by atoms with van der Waals surface area (Å²) in [7, 11) is 0. The van der Waals surface area contributed by atoms with Crippen LogP contribution in [0.25, 0.3) is 0 Å². The summed E-state index contributed by atoms with van der Waals surface area (Å²) in [4.78, 5) is 12.0. The maximum Gasteiger partial charge on any atom is 0.277 e. The number of nitrogens with zero attached hydrogens (tertiary/aromatic N) is 2. The molecule has 3 N–H and O–H groups in total. The Hall–Kier alpha value is -1.21. The van der Waals surface area contributed by atoms with Crippen molar-refractivity contribution in [2.24, 2.45) is 5.73 Å². The molecule has 1 aromatic heterocycles. The van der Waals surface area contributed by atoms with Gasteiger partial charge in [0.25, 0.3) is 11.8 Å². The Labute approximate surface area is 135 Å². The molecule has 1 aliphatic carbocycles. The van der Waals surface area contributed by atoms with Gasteiger partial charge in [0.2, 0.25) is 0 Å². The van der Waals surface area contributed by atoms with Gasteiger partial charge in [-0.1, -0.05) is 0 Å². The van der Waals surface area contributed by atoms with E-state index < -0.39 is 24.9 Å².